The molecule has 0 bridgehead atoms. The van der Waals surface area contributed by atoms with Crippen LogP contribution in [0.1, 0.15) is 41.9 Å². The molecule has 3 aromatic rings. The molecule has 0 aliphatic carbocycles. The summed E-state index contributed by atoms with van der Waals surface area (Å²) in [4.78, 5) is 9.22. The van der Waals surface area contributed by atoms with Gasteiger partial charge in [0.2, 0.25) is 0 Å². The van der Waals surface area contributed by atoms with E-state index < -0.39 is 10.2 Å². The summed E-state index contributed by atoms with van der Waals surface area (Å²) >= 11 is 0. The molecule has 33 heavy (non-hydrogen) atoms. The molecule has 4 heterocycles. The van der Waals surface area contributed by atoms with Crippen molar-refractivity contribution in [1.29, 1.82) is 0 Å². The predicted molar refractivity (Wildman–Crippen MR) is 124 cm³/mol. The number of imidazole rings is 1. The van der Waals surface area contributed by atoms with Crippen LogP contribution < -0.4 is 15.8 Å². The summed E-state index contributed by atoms with van der Waals surface area (Å²) in [5, 5.41) is 8.00. The lowest BCUT2D eigenvalue weighted by Gasteiger charge is -2.32. The van der Waals surface area contributed by atoms with Crippen LogP contribution in [-0.2, 0) is 16.6 Å². The van der Waals surface area contributed by atoms with Crippen LogP contribution in [0.3, 0.4) is 0 Å². The molecule has 5 rings (SSSR count). The van der Waals surface area contributed by atoms with Crippen molar-refractivity contribution in [3.05, 3.63) is 41.6 Å². The Labute approximate surface area is 192 Å². The van der Waals surface area contributed by atoms with Crippen LogP contribution in [0.15, 0.2) is 24.5 Å². The second-order valence-corrected chi connectivity index (χ2v) is 10.8. The number of hydrogen-bond donors (Lipinski definition) is 2. The Hall–Kier alpha value is -2.96. The van der Waals surface area contributed by atoms with Crippen molar-refractivity contribution in [2.75, 3.05) is 45.3 Å². The molecule has 1 aromatic carbocycles. The summed E-state index contributed by atoms with van der Waals surface area (Å²) in [6, 6.07) is 5.89. The van der Waals surface area contributed by atoms with Crippen molar-refractivity contribution < 1.29 is 13.2 Å². The van der Waals surface area contributed by atoms with Gasteiger partial charge in [0.25, 0.3) is 10.2 Å². The first-order valence-corrected chi connectivity index (χ1v) is 12.3. The van der Waals surface area contributed by atoms with E-state index in [9.17, 15) is 8.42 Å². The summed E-state index contributed by atoms with van der Waals surface area (Å²) < 4.78 is 35.1. The molecule has 1 saturated heterocycles. The first-order chi connectivity index (χ1) is 15.8. The minimum Gasteiger partial charge on any atom is -0.495 e. The number of para-hydroxylation sites is 1. The van der Waals surface area contributed by atoms with E-state index >= 15 is 0 Å². The average Bonchev–Trinajstić information content (AvgIpc) is 3.41. The van der Waals surface area contributed by atoms with Gasteiger partial charge in [-0.2, -0.15) is 22.1 Å². The highest BCUT2D eigenvalue weighted by Gasteiger charge is 2.35. The number of ether oxygens (including phenoxy) is 1. The normalized spacial score (nSPS) is 19.7. The molecular formula is C21H28N8O3S. The molecule has 12 heteroatoms. The van der Waals surface area contributed by atoms with Crippen molar-refractivity contribution in [1.82, 2.24) is 28.2 Å². The number of hydrogen-bond acceptors (Lipinski definition) is 8. The molecule has 0 spiro atoms. The van der Waals surface area contributed by atoms with Gasteiger partial charge in [0.1, 0.15) is 23.4 Å². The maximum absolute atomic E-state index is 12.5. The number of nitrogens with one attached hydrogen (secondary N) is 1. The molecular weight excluding hydrogens is 444 g/mol. The molecule has 2 aromatic heterocycles. The standard InChI is InChI=1S/C21H28N8O3S/c1-27(2)33(30,31)28-9-7-13(8-10-28)21-26-18(19-20(22)23-12-24-29(19)21)15-11-14-5-4-6-16(32-3)17(14)25-15/h4-6,12-13,15,25H,7-11H2,1-3H3,(H2,22,23,24). The number of aromatic nitrogens is 4. The van der Waals surface area contributed by atoms with E-state index in [2.05, 4.69) is 21.5 Å². The van der Waals surface area contributed by atoms with Crippen LogP contribution >= 0.6 is 0 Å². The number of fused-ring (bicyclic) bond motifs is 2. The fourth-order valence-corrected chi connectivity index (χ4v) is 5.91. The molecule has 11 nitrogen and oxygen atoms in total. The van der Waals surface area contributed by atoms with Gasteiger partial charge in [0.15, 0.2) is 5.82 Å². The molecule has 1 fully saturated rings. The van der Waals surface area contributed by atoms with E-state index in [4.69, 9.17) is 15.5 Å². The second kappa shape index (κ2) is 8.12. The number of methoxy groups -OCH3 is 1. The van der Waals surface area contributed by atoms with E-state index in [1.165, 1.54) is 14.9 Å². The summed E-state index contributed by atoms with van der Waals surface area (Å²) in [5.41, 5.74) is 9.89. The van der Waals surface area contributed by atoms with Crippen molar-refractivity contribution in [2.45, 2.75) is 31.2 Å². The summed E-state index contributed by atoms with van der Waals surface area (Å²) in [6.07, 6.45) is 3.48. The SMILES string of the molecule is COc1cccc2c1NC(c1nc(C3CCN(S(=O)(=O)N(C)C)CC3)n3ncnc(N)c13)C2. The molecule has 3 N–H and O–H groups in total. The molecule has 0 amide bonds. The average molecular weight is 473 g/mol. The zero-order valence-corrected chi connectivity index (χ0v) is 19.7. The fourth-order valence-electron chi connectivity index (χ4n) is 4.78. The molecule has 2 aliphatic rings. The van der Waals surface area contributed by atoms with Gasteiger partial charge >= 0.3 is 0 Å². The van der Waals surface area contributed by atoms with Crippen LogP contribution in [0, 0.1) is 0 Å². The van der Waals surface area contributed by atoms with Crippen LogP contribution in [0.2, 0.25) is 0 Å². The highest BCUT2D eigenvalue weighted by molar-refractivity contribution is 7.86. The van der Waals surface area contributed by atoms with E-state index in [0.717, 1.165) is 34.9 Å². The zero-order valence-electron chi connectivity index (χ0n) is 18.9. The number of anilines is 2. The maximum Gasteiger partial charge on any atom is 0.281 e. The van der Waals surface area contributed by atoms with E-state index in [1.807, 2.05) is 12.1 Å². The Morgan fingerprint density at radius 1 is 1.24 bits per heavy atom. The molecule has 1 atom stereocenters. The Balaban J connectivity index is 1.48. The second-order valence-electron chi connectivity index (χ2n) is 8.62. The molecule has 2 aliphatic heterocycles. The molecule has 0 saturated carbocycles. The number of rotatable bonds is 5. The number of nitrogens with zero attached hydrogens (tertiary/aromatic N) is 6. The maximum atomic E-state index is 12.5. The largest absolute Gasteiger partial charge is 0.495 e. The van der Waals surface area contributed by atoms with Crippen molar-refractivity contribution >= 4 is 27.2 Å². The molecule has 1 unspecified atom stereocenters. The van der Waals surface area contributed by atoms with Gasteiger partial charge in [-0.15, -0.1) is 0 Å². The third-order valence-electron chi connectivity index (χ3n) is 6.52. The highest BCUT2D eigenvalue weighted by atomic mass is 32.2. The van der Waals surface area contributed by atoms with Gasteiger partial charge in [-0.25, -0.2) is 14.5 Å². The van der Waals surface area contributed by atoms with Gasteiger partial charge in [-0.05, 0) is 24.5 Å². The van der Waals surface area contributed by atoms with Crippen LogP contribution in [0.5, 0.6) is 5.75 Å². The molecule has 0 radical (unpaired) electrons. The van der Waals surface area contributed by atoms with Crippen molar-refractivity contribution in [2.24, 2.45) is 0 Å². The lowest BCUT2D eigenvalue weighted by atomic mass is 9.97. The smallest absolute Gasteiger partial charge is 0.281 e. The van der Waals surface area contributed by atoms with E-state index in [-0.39, 0.29) is 12.0 Å². The topological polar surface area (TPSA) is 131 Å². The van der Waals surface area contributed by atoms with E-state index in [1.54, 1.807) is 25.7 Å². The van der Waals surface area contributed by atoms with Gasteiger partial charge < -0.3 is 15.8 Å². The van der Waals surface area contributed by atoms with Gasteiger partial charge in [0.05, 0.1) is 24.5 Å². The van der Waals surface area contributed by atoms with Crippen molar-refractivity contribution in [3.63, 3.8) is 0 Å². The third-order valence-corrected chi connectivity index (χ3v) is 8.47. The summed E-state index contributed by atoms with van der Waals surface area (Å²) in [6.45, 7) is 0.862. The Morgan fingerprint density at radius 3 is 2.70 bits per heavy atom. The first-order valence-electron chi connectivity index (χ1n) is 10.9. The third kappa shape index (κ3) is 3.58. The minimum absolute atomic E-state index is 0.0625. The monoisotopic (exact) mass is 472 g/mol. The summed E-state index contributed by atoms with van der Waals surface area (Å²) in [7, 11) is 1.33. The lowest BCUT2D eigenvalue weighted by molar-refractivity contribution is 0.296. The number of benzene rings is 1. The van der Waals surface area contributed by atoms with Crippen molar-refractivity contribution in [3.8, 4) is 5.75 Å². The zero-order chi connectivity index (χ0) is 23.3. The van der Waals surface area contributed by atoms with Crippen LogP contribution in [0.4, 0.5) is 11.5 Å². The fraction of sp³-hybridized carbons (Fsp3) is 0.476. The minimum atomic E-state index is -3.43. The Kier molecular flexibility index (Phi) is 5.38. The predicted octanol–water partition coefficient (Wildman–Crippen LogP) is 1.41. The highest BCUT2D eigenvalue weighted by Crippen LogP contribution is 2.42. The Morgan fingerprint density at radius 2 is 2.00 bits per heavy atom. The number of nitrogens with two attached hydrogens (primary N) is 1. The van der Waals surface area contributed by atoms with Gasteiger partial charge in [-0.1, -0.05) is 12.1 Å². The van der Waals surface area contributed by atoms with E-state index in [0.29, 0.717) is 37.3 Å². The number of nitrogen functional groups attached to an aromatic ring is 1. The quantitative estimate of drug-likeness (QED) is 0.570. The summed E-state index contributed by atoms with van der Waals surface area (Å²) in [5.74, 6) is 2.02. The molecule has 176 valence electrons. The Bertz CT molecular complexity index is 1300. The van der Waals surface area contributed by atoms with Crippen LogP contribution in [-0.4, -0.2) is 70.9 Å². The van der Waals surface area contributed by atoms with Gasteiger partial charge in [-0.3, -0.25) is 0 Å². The first kappa shape index (κ1) is 21.9. The van der Waals surface area contributed by atoms with Crippen LogP contribution in [0.25, 0.3) is 5.52 Å². The lowest BCUT2D eigenvalue weighted by Crippen LogP contribution is -2.44. The number of piperidine rings is 1. The van der Waals surface area contributed by atoms with Gasteiger partial charge in [0, 0.05) is 39.5 Å².